The van der Waals surface area contributed by atoms with Crippen molar-refractivity contribution in [3.63, 3.8) is 0 Å². The Morgan fingerprint density at radius 2 is 1.87 bits per heavy atom. The van der Waals surface area contributed by atoms with E-state index in [1.807, 2.05) is 30.3 Å². The molecule has 15 heavy (non-hydrogen) atoms. The van der Waals surface area contributed by atoms with Gasteiger partial charge in [0.2, 0.25) is 0 Å². The van der Waals surface area contributed by atoms with Gasteiger partial charge in [-0.2, -0.15) is 0 Å². The van der Waals surface area contributed by atoms with Gasteiger partial charge >= 0.3 is 0 Å². The molecule has 0 unspecified atom stereocenters. The van der Waals surface area contributed by atoms with Crippen molar-refractivity contribution in [3.8, 4) is 0 Å². The van der Waals surface area contributed by atoms with E-state index in [1.54, 1.807) is 0 Å². The number of carbonyl (C=O) groups excluding carboxylic acids is 1. The van der Waals surface area contributed by atoms with Crippen molar-refractivity contribution < 1.29 is 4.79 Å². The molecule has 0 aliphatic carbocycles. The van der Waals surface area contributed by atoms with Crippen molar-refractivity contribution in [2.45, 2.75) is 32.6 Å². The molecule has 1 N–H and O–H groups in total. The highest BCUT2D eigenvalue weighted by Crippen LogP contribution is 2.00. The summed E-state index contributed by atoms with van der Waals surface area (Å²) in [5.41, 5.74) is 0.744. The smallest absolute Gasteiger partial charge is 0.251 e. The highest BCUT2D eigenvalue weighted by Gasteiger charge is 2.01. The Morgan fingerprint density at radius 3 is 2.53 bits per heavy atom. The quantitative estimate of drug-likeness (QED) is 0.711. The summed E-state index contributed by atoms with van der Waals surface area (Å²) in [6.45, 7) is 2.97. The van der Waals surface area contributed by atoms with Gasteiger partial charge in [0.15, 0.2) is 0 Å². The Balaban J connectivity index is 2.20. The molecule has 2 heteroatoms. The van der Waals surface area contributed by atoms with Crippen molar-refractivity contribution in [2.24, 2.45) is 0 Å². The Morgan fingerprint density at radius 1 is 1.13 bits per heavy atom. The van der Waals surface area contributed by atoms with E-state index in [2.05, 4.69) is 12.2 Å². The van der Waals surface area contributed by atoms with Gasteiger partial charge in [-0.25, -0.2) is 0 Å². The largest absolute Gasteiger partial charge is 0.352 e. The molecule has 0 heterocycles. The Kier molecular flexibility index (Phi) is 5.52. The van der Waals surface area contributed by atoms with E-state index in [0.29, 0.717) is 0 Å². The van der Waals surface area contributed by atoms with Crippen LogP contribution >= 0.6 is 0 Å². The fraction of sp³-hybridized carbons (Fsp3) is 0.462. The Hall–Kier alpha value is -1.31. The normalized spacial score (nSPS) is 9.93. The number of rotatable bonds is 6. The Labute approximate surface area is 91.7 Å². The molecule has 0 saturated heterocycles. The molecule has 0 spiro atoms. The standard InChI is InChI=1S/C13H19NO/c1-2-3-4-8-11-14-13(15)12-9-6-5-7-10-12/h5-7,9-10H,2-4,8,11H2,1H3,(H,14,15). The van der Waals surface area contributed by atoms with Crippen LogP contribution in [0.2, 0.25) is 0 Å². The van der Waals surface area contributed by atoms with Crippen LogP contribution in [0.4, 0.5) is 0 Å². The number of nitrogens with one attached hydrogen (secondary N) is 1. The van der Waals surface area contributed by atoms with Gasteiger partial charge in [-0.15, -0.1) is 0 Å². The second-order valence-corrected chi connectivity index (χ2v) is 3.68. The highest BCUT2D eigenvalue weighted by atomic mass is 16.1. The minimum absolute atomic E-state index is 0.0344. The molecule has 0 saturated carbocycles. The Bertz CT molecular complexity index is 282. The fourth-order valence-electron chi connectivity index (χ4n) is 1.45. The van der Waals surface area contributed by atoms with E-state index in [9.17, 15) is 4.79 Å². The van der Waals surface area contributed by atoms with E-state index in [0.717, 1.165) is 18.5 Å². The van der Waals surface area contributed by atoms with Gasteiger partial charge in [0.25, 0.3) is 5.91 Å². The number of benzene rings is 1. The van der Waals surface area contributed by atoms with Gasteiger partial charge in [0.05, 0.1) is 0 Å². The van der Waals surface area contributed by atoms with Gasteiger partial charge in [0.1, 0.15) is 0 Å². The minimum atomic E-state index is 0.0344. The summed E-state index contributed by atoms with van der Waals surface area (Å²) < 4.78 is 0. The van der Waals surface area contributed by atoms with Crippen LogP contribution in [0.5, 0.6) is 0 Å². The molecule has 0 aliphatic heterocycles. The van der Waals surface area contributed by atoms with Crippen LogP contribution in [0.3, 0.4) is 0 Å². The van der Waals surface area contributed by atoms with E-state index >= 15 is 0 Å². The highest BCUT2D eigenvalue weighted by molar-refractivity contribution is 5.94. The molecular weight excluding hydrogens is 186 g/mol. The van der Waals surface area contributed by atoms with Crippen molar-refractivity contribution in [1.82, 2.24) is 5.32 Å². The van der Waals surface area contributed by atoms with Crippen LogP contribution in [-0.4, -0.2) is 12.5 Å². The van der Waals surface area contributed by atoms with Gasteiger partial charge < -0.3 is 5.32 Å². The molecule has 0 aromatic heterocycles. The second kappa shape index (κ2) is 7.04. The molecular formula is C13H19NO. The number of amides is 1. The summed E-state index contributed by atoms with van der Waals surface area (Å²) in [6.07, 6.45) is 4.76. The average molecular weight is 205 g/mol. The summed E-state index contributed by atoms with van der Waals surface area (Å²) in [5.74, 6) is 0.0344. The summed E-state index contributed by atoms with van der Waals surface area (Å²) in [4.78, 5) is 11.6. The average Bonchev–Trinajstić information content (AvgIpc) is 2.30. The van der Waals surface area contributed by atoms with E-state index < -0.39 is 0 Å². The van der Waals surface area contributed by atoms with Gasteiger partial charge in [-0.3, -0.25) is 4.79 Å². The first-order valence-electron chi connectivity index (χ1n) is 5.68. The van der Waals surface area contributed by atoms with Crippen molar-refractivity contribution in [2.75, 3.05) is 6.54 Å². The third kappa shape index (κ3) is 4.63. The van der Waals surface area contributed by atoms with Crippen LogP contribution in [0, 0.1) is 0 Å². The maximum Gasteiger partial charge on any atom is 0.251 e. The monoisotopic (exact) mass is 205 g/mol. The first-order chi connectivity index (χ1) is 7.34. The number of unbranched alkanes of at least 4 members (excludes halogenated alkanes) is 3. The number of carbonyl (C=O) groups is 1. The van der Waals surface area contributed by atoms with Crippen LogP contribution in [0.25, 0.3) is 0 Å². The van der Waals surface area contributed by atoms with Crippen molar-refractivity contribution >= 4 is 5.91 Å². The molecule has 1 rings (SSSR count). The SMILES string of the molecule is CCCCCCNC(=O)c1ccccc1. The van der Waals surface area contributed by atoms with Crippen molar-refractivity contribution in [3.05, 3.63) is 35.9 Å². The lowest BCUT2D eigenvalue weighted by Crippen LogP contribution is -2.24. The fourth-order valence-corrected chi connectivity index (χ4v) is 1.45. The molecule has 1 aromatic carbocycles. The third-order valence-electron chi connectivity index (χ3n) is 2.35. The predicted octanol–water partition coefficient (Wildman–Crippen LogP) is 3.00. The first-order valence-corrected chi connectivity index (χ1v) is 5.68. The predicted molar refractivity (Wildman–Crippen MR) is 62.9 cm³/mol. The molecule has 0 fully saturated rings. The lowest BCUT2D eigenvalue weighted by molar-refractivity contribution is 0.0953. The first kappa shape index (κ1) is 11.8. The third-order valence-corrected chi connectivity index (χ3v) is 2.35. The lowest BCUT2D eigenvalue weighted by atomic mass is 10.2. The minimum Gasteiger partial charge on any atom is -0.352 e. The van der Waals surface area contributed by atoms with E-state index in [4.69, 9.17) is 0 Å². The molecule has 82 valence electrons. The lowest BCUT2D eigenvalue weighted by Gasteiger charge is -2.04. The van der Waals surface area contributed by atoms with Crippen LogP contribution in [0.1, 0.15) is 43.0 Å². The molecule has 0 radical (unpaired) electrons. The summed E-state index contributed by atoms with van der Waals surface area (Å²) in [7, 11) is 0. The van der Waals surface area contributed by atoms with Crippen molar-refractivity contribution in [1.29, 1.82) is 0 Å². The summed E-state index contributed by atoms with van der Waals surface area (Å²) in [5, 5.41) is 2.92. The zero-order valence-electron chi connectivity index (χ0n) is 9.33. The maximum atomic E-state index is 11.6. The summed E-state index contributed by atoms with van der Waals surface area (Å²) >= 11 is 0. The van der Waals surface area contributed by atoms with Gasteiger partial charge in [-0.1, -0.05) is 44.4 Å². The second-order valence-electron chi connectivity index (χ2n) is 3.68. The maximum absolute atomic E-state index is 11.6. The number of hydrogen-bond acceptors (Lipinski definition) is 1. The number of hydrogen-bond donors (Lipinski definition) is 1. The van der Waals surface area contributed by atoms with Crippen LogP contribution < -0.4 is 5.32 Å². The van der Waals surface area contributed by atoms with Crippen LogP contribution in [0.15, 0.2) is 30.3 Å². The zero-order valence-corrected chi connectivity index (χ0v) is 9.33. The van der Waals surface area contributed by atoms with Crippen LogP contribution in [-0.2, 0) is 0 Å². The topological polar surface area (TPSA) is 29.1 Å². The molecule has 0 bridgehead atoms. The molecule has 2 nitrogen and oxygen atoms in total. The van der Waals surface area contributed by atoms with E-state index in [1.165, 1.54) is 19.3 Å². The van der Waals surface area contributed by atoms with E-state index in [-0.39, 0.29) is 5.91 Å². The summed E-state index contributed by atoms with van der Waals surface area (Å²) in [6, 6.07) is 9.35. The molecule has 1 aromatic rings. The molecule has 0 aliphatic rings. The molecule has 0 atom stereocenters. The van der Waals surface area contributed by atoms with Gasteiger partial charge in [0, 0.05) is 12.1 Å². The zero-order chi connectivity index (χ0) is 10.9. The molecule has 1 amide bonds. The van der Waals surface area contributed by atoms with Gasteiger partial charge in [-0.05, 0) is 18.6 Å².